The molecule has 1 aromatic heterocycles. The fourth-order valence-electron chi connectivity index (χ4n) is 3.66. The molecule has 0 saturated carbocycles. The average Bonchev–Trinajstić information content (AvgIpc) is 3.09. The maximum absolute atomic E-state index is 12.6. The van der Waals surface area contributed by atoms with E-state index in [2.05, 4.69) is 6.07 Å². The van der Waals surface area contributed by atoms with Crippen molar-refractivity contribution in [2.45, 2.75) is 16.7 Å². The minimum atomic E-state index is -0.631. The number of nitriles is 1. The van der Waals surface area contributed by atoms with Crippen molar-refractivity contribution in [3.05, 3.63) is 60.2 Å². The summed E-state index contributed by atoms with van der Waals surface area (Å²) < 4.78 is 11.0. The number of aromatic nitrogens is 1. The summed E-state index contributed by atoms with van der Waals surface area (Å²) in [6, 6.07) is 19.0. The zero-order valence-electron chi connectivity index (χ0n) is 18.4. The molecule has 2 heterocycles. The topological polar surface area (TPSA) is 92.5 Å². The molecule has 0 aliphatic carbocycles. The van der Waals surface area contributed by atoms with Gasteiger partial charge in [0.05, 0.1) is 30.7 Å². The van der Waals surface area contributed by atoms with Crippen molar-refractivity contribution in [1.29, 1.82) is 5.26 Å². The number of methoxy groups -OCH3 is 2. The van der Waals surface area contributed by atoms with Crippen LogP contribution in [0, 0.1) is 11.3 Å². The number of carbonyl (C=O) groups excluding carboxylic acids is 2. The van der Waals surface area contributed by atoms with Crippen LogP contribution in [0.4, 0.5) is 0 Å². The van der Waals surface area contributed by atoms with Crippen LogP contribution in [0.25, 0.3) is 22.4 Å². The molecule has 2 aromatic carbocycles. The number of thioether (sulfide) groups is 1. The fraction of sp³-hybridized carbons (Fsp3) is 0.200. The third-order valence-electron chi connectivity index (χ3n) is 5.46. The van der Waals surface area contributed by atoms with Gasteiger partial charge in [0.1, 0.15) is 22.6 Å². The van der Waals surface area contributed by atoms with Crippen molar-refractivity contribution >= 4 is 23.6 Å². The molecular formula is C25H21N3O4S. The number of rotatable bonds is 6. The van der Waals surface area contributed by atoms with E-state index in [9.17, 15) is 14.9 Å². The Hall–Kier alpha value is -3.83. The molecule has 2 amide bonds. The van der Waals surface area contributed by atoms with Crippen molar-refractivity contribution in [3.8, 4) is 40.0 Å². The number of likely N-dealkylation sites (tertiary alicyclic amines) is 1. The molecular weight excluding hydrogens is 438 g/mol. The number of nitrogens with zero attached hydrogens (tertiary/aromatic N) is 3. The number of amides is 2. The lowest BCUT2D eigenvalue weighted by atomic mass is 9.98. The van der Waals surface area contributed by atoms with E-state index < -0.39 is 5.25 Å². The van der Waals surface area contributed by atoms with Gasteiger partial charge >= 0.3 is 0 Å². The second-order valence-electron chi connectivity index (χ2n) is 7.38. The second kappa shape index (κ2) is 9.35. The average molecular weight is 460 g/mol. The maximum Gasteiger partial charge on any atom is 0.242 e. The molecule has 0 N–H and O–H groups in total. The van der Waals surface area contributed by atoms with Crippen LogP contribution in [0.1, 0.15) is 12.0 Å². The minimum absolute atomic E-state index is 0.0694. The van der Waals surface area contributed by atoms with Crippen LogP contribution in [0.3, 0.4) is 0 Å². The molecule has 1 atom stereocenters. The van der Waals surface area contributed by atoms with Gasteiger partial charge in [-0.25, -0.2) is 4.98 Å². The molecule has 0 radical (unpaired) electrons. The van der Waals surface area contributed by atoms with Gasteiger partial charge in [-0.05, 0) is 24.3 Å². The predicted molar refractivity (Wildman–Crippen MR) is 125 cm³/mol. The number of hydrogen-bond acceptors (Lipinski definition) is 7. The Morgan fingerprint density at radius 2 is 1.82 bits per heavy atom. The van der Waals surface area contributed by atoms with Crippen molar-refractivity contribution in [3.63, 3.8) is 0 Å². The lowest BCUT2D eigenvalue weighted by molar-refractivity contribution is -0.136. The van der Waals surface area contributed by atoms with E-state index in [4.69, 9.17) is 14.5 Å². The molecule has 1 saturated heterocycles. The van der Waals surface area contributed by atoms with Crippen molar-refractivity contribution in [1.82, 2.24) is 9.88 Å². The van der Waals surface area contributed by atoms with Crippen LogP contribution in [-0.4, -0.2) is 48.2 Å². The van der Waals surface area contributed by atoms with Crippen molar-refractivity contribution in [2.75, 3.05) is 21.3 Å². The molecule has 1 fully saturated rings. The minimum Gasteiger partial charge on any atom is -0.497 e. The standard InChI is InChI=1S/C25H21N3O4S/c1-28-23(29)13-22(25(28)30)33-24-19(14-26)17(12-20(27-24)15-7-5-4-6-8-15)18-11-16(31-2)9-10-21(18)32-3/h4-12,22H,13H2,1-3H3. The molecule has 4 rings (SSSR count). The number of pyridine rings is 1. The van der Waals surface area contributed by atoms with Gasteiger partial charge < -0.3 is 9.47 Å². The summed E-state index contributed by atoms with van der Waals surface area (Å²) in [4.78, 5) is 30.5. The van der Waals surface area contributed by atoms with Gasteiger partial charge in [0.25, 0.3) is 0 Å². The van der Waals surface area contributed by atoms with E-state index in [-0.39, 0.29) is 18.2 Å². The Labute approximate surface area is 196 Å². The smallest absolute Gasteiger partial charge is 0.242 e. The van der Waals surface area contributed by atoms with Crippen LogP contribution < -0.4 is 9.47 Å². The highest BCUT2D eigenvalue weighted by Crippen LogP contribution is 2.41. The molecule has 1 unspecified atom stereocenters. The summed E-state index contributed by atoms with van der Waals surface area (Å²) in [6.07, 6.45) is 0.0694. The predicted octanol–water partition coefficient (Wildman–Crippen LogP) is 4.15. The summed E-state index contributed by atoms with van der Waals surface area (Å²) in [7, 11) is 4.60. The molecule has 1 aliphatic heterocycles. The molecule has 8 heteroatoms. The van der Waals surface area contributed by atoms with E-state index in [1.54, 1.807) is 32.4 Å². The van der Waals surface area contributed by atoms with E-state index in [0.29, 0.717) is 38.9 Å². The largest absolute Gasteiger partial charge is 0.497 e. The van der Waals surface area contributed by atoms with E-state index in [1.165, 1.54) is 7.05 Å². The van der Waals surface area contributed by atoms with E-state index in [0.717, 1.165) is 22.2 Å². The molecule has 7 nitrogen and oxygen atoms in total. The SMILES string of the molecule is COc1ccc(OC)c(-c2cc(-c3ccccc3)nc(SC3CC(=O)N(C)C3=O)c2C#N)c1. The summed E-state index contributed by atoms with van der Waals surface area (Å²) in [5, 5.41) is 9.88. The van der Waals surface area contributed by atoms with Gasteiger partial charge in [-0.2, -0.15) is 5.26 Å². The zero-order valence-corrected chi connectivity index (χ0v) is 19.2. The van der Waals surface area contributed by atoms with E-state index >= 15 is 0 Å². The van der Waals surface area contributed by atoms with Gasteiger partial charge in [-0.3, -0.25) is 14.5 Å². The third-order valence-corrected chi connectivity index (χ3v) is 6.63. The maximum atomic E-state index is 12.6. The van der Waals surface area contributed by atoms with Gasteiger partial charge in [-0.15, -0.1) is 0 Å². The first-order valence-electron chi connectivity index (χ1n) is 10.2. The first-order chi connectivity index (χ1) is 16.0. The number of ether oxygens (including phenoxy) is 2. The molecule has 166 valence electrons. The Morgan fingerprint density at radius 3 is 2.42 bits per heavy atom. The van der Waals surface area contributed by atoms with Crippen LogP contribution in [-0.2, 0) is 9.59 Å². The van der Waals surface area contributed by atoms with Crippen LogP contribution in [0.2, 0.25) is 0 Å². The molecule has 0 spiro atoms. The lowest BCUT2D eigenvalue weighted by Gasteiger charge is -2.16. The molecule has 0 bridgehead atoms. The number of hydrogen-bond donors (Lipinski definition) is 0. The summed E-state index contributed by atoms with van der Waals surface area (Å²) in [6.45, 7) is 0. The molecule has 3 aromatic rings. The van der Waals surface area contributed by atoms with Gasteiger partial charge in [0, 0.05) is 30.2 Å². The van der Waals surface area contributed by atoms with Gasteiger partial charge in [-0.1, -0.05) is 42.1 Å². The highest BCUT2D eigenvalue weighted by Gasteiger charge is 2.37. The summed E-state index contributed by atoms with van der Waals surface area (Å²) >= 11 is 1.14. The monoisotopic (exact) mass is 459 g/mol. The highest BCUT2D eigenvalue weighted by atomic mass is 32.2. The summed E-state index contributed by atoms with van der Waals surface area (Å²) in [5.41, 5.74) is 3.08. The van der Waals surface area contributed by atoms with Crippen LogP contribution in [0.5, 0.6) is 11.5 Å². The first kappa shape index (κ1) is 22.4. The second-order valence-corrected chi connectivity index (χ2v) is 8.57. The Kier molecular flexibility index (Phi) is 6.33. The molecule has 33 heavy (non-hydrogen) atoms. The molecule has 1 aliphatic rings. The summed E-state index contributed by atoms with van der Waals surface area (Å²) in [5.74, 6) is 0.645. The van der Waals surface area contributed by atoms with Gasteiger partial charge in [0.2, 0.25) is 11.8 Å². The Morgan fingerprint density at radius 1 is 1.06 bits per heavy atom. The fourth-order valence-corrected chi connectivity index (χ4v) is 4.84. The zero-order chi connectivity index (χ0) is 23.5. The van der Waals surface area contributed by atoms with Crippen molar-refractivity contribution < 1.29 is 19.1 Å². The van der Waals surface area contributed by atoms with Crippen LogP contribution in [0.15, 0.2) is 59.6 Å². The number of benzene rings is 2. The first-order valence-corrected chi connectivity index (χ1v) is 11.0. The highest BCUT2D eigenvalue weighted by molar-refractivity contribution is 8.00. The van der Waals surface area contributed by atoms with E-state index in [1.807, 2.05) is 36.4 Å². The van der Waals surface area contributed by atoms with Crippen molar-refractivity contribution in [2.24, 2.45) is 0 Å². The van der Waals surface area contributed by atoms with Crippen LogP contribution >= 0.6 is 11.8 Å². The number of carbonyl (C=O) groups is 2. The lowest BCUT2D eigenvalue weighted by Crippen LogP contribution is -2.26. The van der Waals surface area contributed by atoms with Gasteiger partial charge in [0.15, 0.2) is 0 Å². The number of imide groups is 1. The Balaban J connectivity index is 1.93. The Bertz CT molecular complexity index is 1270. The normalized spacial score (nSPS) is 15.5. The quantitative estimate of drug-likeness (QED) is 0.511. The third kappa shape index (κ3) is 4.28.